The van der Waals surface area contributed by atoms with Crippen LogP contribution in [-0.2, 0) is 10.9 Å². The Morgan fingerprint density at radius 1 is 1.00 bits per heavy atom. The molecule has 0 bridgehead atoms. The molecule has 5 rings (SSSR count). The summed E-state index contributed by atoms with van der Waals surface area (Å²) in [6, 6.07) is 9.94. The first-order chi connectivity index (χ1) is 16.3. The van der Waals surface area contributed by atoms with E-state index < -0.39 is 17.7 Å². The van der Waals surface area contributed by atoms with Crippen molar-refractivity contribution in [2.45, 2.75) is 6.18 Å². The molecule has 0 atom stereocenters. The minimum Gasteiger partial charge on any atom is -0.378 e. The van der Waals surface area contributed by atoms with Crippen molar-refractivity contribution in [1.29, 1.82) is 0 Å². The second-order valence-corrected chi connectivity index (χ2v) is 7.65. The number of rotatable bonds is 3. The number of nitrogens with zero attached hydrogens (tertiary/aromatic N) is 5. The first kappa shape index (κ1) is 22.0. The fourth-order valence-corrected chi connectivity index (χ4v) is 3.82. The van der Waals surface area contributed by atoms with Gasteiger partial charge in [-0.25, -0.2) is 14.4 Å². The molecular formula is C23H17F4N5O2. The van der Waals surface area contributed by atoms with Crippen molar-refractivity contribution < 1.29 is 27.1 Å². The van der Waals surface area contributed by atoms with Gasteiger partial charge in [0.1, 0.15) is 5.82 Å². The monoisotopic (exact) mass is 471 g/mol. The van der Waals surface area contributed by atoms with Gasteiger partial charge in [0.05, 0.1) is 18.7 Å². The van der Waals surface area contributed by atoms with Crippen LogP contribution in [0.25, 0.3) is 28.0 Å². The van der Waals surface area contributed by atoms with Crippen LogP contribution >= 0.6 is 0 Å². The Morgan fingerprint density at radius 3 is 2.38 bits per heavy atom. The number of hydrogen-bond donors (Lipinski definition) is 0. The Balaban J connectivity index is 1.59. The molecule has 0 spiro atoms. The number of carbonyl (C=O) groups is 1. The first-order valence-electron chi connectivity index (χ1n) is 10.4. The van der Waals surface area contributed by atoms with Crippen molar-refractivity contribution in [3.8, 4) is 17.1 Å². The zero-order chi connectivity index (χ0) is 23.9. The van der Waals surface area contributed by atoms with Crippen molar-refractivity contribution in [3.05, 3.63) is 71.9 Å². The van der Waals surface area contributed by atoms with E-state index in [1.807, 2.05) is 0 Å². The molecule has 11 heteroatoms. The average Bonchev–Trinajstić information content (AvgIpc) is 3.24. The van der Waals surface area contributed by atoms with Gasteiger partial charge in [-0.2, -0.15) is 23.0 Å². The zero-order valence-electron chi connectivity index (χ0n) is 17.6. The normalized spacial score (nSPS) is 14.5. The summed E-state index contributed by atoms with van der Waals surface area (Å²) in [6.07, 6.45) is -2.11. The predicted molar refractivity (Wildman–Crippen MR) is 114 cm³/mol. The largest absolute Gasteiger partial charge is 0.435 e. The van der Waals surface area contributed by atoms with E-state index in [1.165, 1.54) is 36.7 Å². The summed E-state index contributed by atoms with van der Waals surface area (Å²) < 4.78 is 61.3. The van der Waals surface area contributed by atoms with Gasteiger partial charge in [0, 0.05) is 47.6 Å². The molecule has 0 unspecified atom stereocenters. The van der Waals surface area contributed by atoms with Gasteiger partial charge >= 0.3 is 6.18 Å². The second kappa shape index (κ2) is 8.49. The lowest BCUT2D eigenvalue weighted by Gasteiger charge is -2.26. The third-order valence-electron chi connectivity index (χ3n) is 5.51. The molecule has 7 nitrogen and oxygen atoms in total. The van der Waals surface area contributed by atoms with Gasteiger partial charge < -0.3 is 9.64 Å². The minimum atomic E-state index is -4.73. The summed E-state index contributed by atoms with van der Waals surface area (Å²) in [7, 11) is 0. The standard InChI is InChI=1S/C23H17F4N5O2/c24-18-4-2-1-3-16(18)15-12-28-22(29-13-15)32-19-11-14(21(33)31-7-9-34-10-8-31)5-6-17(19)20(30-32)23(25,26)27/h1-6,11-13H,7-10H2. The van der Waals surface area contributed by atoms with Crippen molar-refractivity contribution in [2.75, 3.05) is 26.3 Å². The molecule has 2 aromatic carbocycles. The molecule has 1 fully saturated rings. The predicted octanol–water partition coefficient (Wildman–Crippen LogP) is 4.11. The molecule has 1 saturated heterocycles. The molecule has 0 aliphatic carbocycles. The topological polar surface area (TPSA) is 73.1 Å². The maximum atomic E-state index is 14.1. The Morgan fingerprint density at radius 2 is 1.71 bits per heavy atom. The van der Waals surface area contributed by atoms with E-state index in [0.29, 0.717) is 31.9 Å². The molecular weight excluding hydrogens is 454 g/mol. The fourth-order valence-electron chi connectivity index (χ4n) is 3.82. The van der Waals surface area contributed by atoms with Crippen LogP contribution in [-0.4, -0.2) is 56.9 Å². The van der Waals surface area contributed by atoms with Crippen molar-refractivity contribution >= 4 is 16.8 Å². The number of hydrogen-bond acceptors (Lipinski definition) is 5. The van der Waals surface area contributed by atoms with Gasteiger partial charge in [0.25, 0.3) is 11.9 Å². The first-order valence-corrected chi connectivity index (χ1v) is 10.4. The lowest BCUT2D eigenvalue weighted by molar-refractivity contribution is -0.140. The van der Waals surface area contributed by atoms with E-state index in [4.69, 9.17) is 4.74 Å². The summed E-state index contributed by atoms with van der Waals surface area (Å²) in [5.74, 6) is -0.937. The van der Waals surface area contributed by atoms with Crippen LogP contribution in [0.15, 0.2) is 54.9 Å². The summed E-state index contributed by atoms with van der Waals surface area (Å²) in [5, 5.41) is 3.52. The van der Waals surface area contributed by atoms with Gasteiger partial charge in [-0.05, 0) is 24.3 Å². The van der Waals surface area contributed by atoms with Crippen LogP contribution in [0.2, 0.25) is 0 Å². The fraction of sp³-hybridized carbons (Fsp3) is 0.217. The number of amides is 1. The van der Waals surface area contributed by atoms with E-state index in [9.17, 15) is 22.4 Å². The SMILES string of the molecule is O=C(c1ccc2c(C(F)(F)F)nn(-c3ncc(-c4ccccc4F)cn3)c2c1)N1CCOCC1. The Hall–Kier alpha value is -3.86. The van der Waals surface area contributed by atoms with Crippen LogP contribution in [0.1, 0.15) is 16.1 Å². The highest BCUT2D eigenvalue weighted by molar-refractivity contribution is 5.98. The highest BCUT2D eigenvalue weighted by atomic mass is 19.4. The number of benzene rings is 2. The highest BCUT2D eigenvalue weighted by Crippen LogP contribution is 2.35. The van der Waals surface area contributed by atoms with Gasteiger partial charge in [-0.3, -0.25) is 4.79 Å². The number of morpholine rings is 1. The zero-order valence-corrected chi connectivity index (χ0v) is 17.6. The average molecular weight is 471 g/mol. The Bertz CT molecular complexity index is 1360. The van der Waals surface area contributed by atoms with Crippen LogP contribution < -0.4 is 0 Å². The second-order valence-electron chi connectivity index (χ2n) is 7.65. The Labute approximate surface area is 190 Å². The third-order valence-corrected chi connectivity index (χ3v) is 5.51. The van der Waals surface area contributed by atoms with Crippen molar-refractivity contribution in [3.63, 3.8) is 0 Å². The van der Waals surface area contributed by atoms with E-state index in [0.717, 1.165) is 4.68 Å². The number of ether oxygens (including phenoxy) is 1. The summed E-state index contributed by atoms with van der Waals surface area (Å²) in [4.78, 5) is 22.7. The van der Waals surface area contributed by atoms with E-state index in [1.54, 1.807) is 23.1 Å². The van der Waals surface area contributed by atoms with E-state index >= 15 is 0 Å². The summed E-state index contributed by atoms with van der Waals surface area (Å²) in [6.45, 7) is 1.58. The van der Waals surface area contributed by atoms with Crippen LogP contribution in [0.5, 0.6) is 0 Å². The molecule has 2 aromatic heterocycles. The number of halogens is 4. The minimum absolute atomic E-state index is 0.0325. The molecule has 4 aromatic rings. The van der Waals surface area contributed by atoms with Gasteiger partial charge in [-0.15, -0.1) is 0 Å². The third kappa shape index (κ3) is 3.98. The van der Waals surface area contributed by atoms with Crippen LogP contribution in [0, 0.1) is 5.82 Å². The number of carbonyl (C=O) groups excluding carboxylic acids is 1. The molecule has 1 amide bonds. The maximum Gasteiger partial charge on any atom is 0.435 e. The van der Waals surface area contributed by atoms with Crippen molar-refractivity contribution in [1.82, 2.24) is 24.6 Å². The van der Waals surface area contributed by atoms with E-state index in [2.05, 4.69) is 15.1 Å². The Kier molecular flexibility index (Phi) is 5.48. The molecule has 0 saturated carbocycles. The summed E-state index contributed by atoms with van der Waals surface area (Å²) >= 11 is 0. The molecule has 174 valence electrons. The quantitative estimate of drug-likeness (QED) is 0.421. The van der Waals surface area contributed by atoms with Crippen LogP contribution in [0.4, 0.5) is 17.6 Å². The number of alkyl halides is 3. The molecule has 0 radical (unpaired) electrons. The summed E-state index contributed by atoms with van der Waals surface area (Å²) in [5.41, 5.74) is -0.252. The molecule has 34 heavy (non-hydrogen) atoms. The van der Waals surface area contributed by atoms with E-state index in [-0.39, 0.29) is 33.9 Å². The van der Waals surface area contributed by atoms with Gasteiger partial charge in [-0.1, -0.05) is 18.2 Å². The lowest BCUT2D eigenvalue weighted by atomic mass is 10.1. The molecule has 3 heterocycles. The molecule has 0 N–H and O–H groups in total. The number of fused-ring (bicyclic) bond motifs is 1. The number of aromatic nitrogens is 4. The molecule has 1 aliphatic heterocycles. The van der Waals surface area contributed by atoms with Gasteiger partial charge in [0.15, 0.2) is 5.69 Å². The maximum absolute atomic E-state index is 14.1. The molecule has 1 aliphatic rings. The van der Waals surface area contributed by atoms with Gasteiger partial charge in [0.2, 0.25) is 0 Å². The lowest BCUT2D eigenvalue weighted by Crippen LogP contribution is -2.40. The highest BCUT2D eigenvalue weighted by Gasteiger charge is 2.37. The van der Waals surface area contributed by atoms with Crippen LogP contribution in [0.3, 0.4) is 0 Å². The van der Waals surface area contributed by atoms with Crippen molar-refractivity contribution in [2.24, 2.45) is 0 Å². The smallest absolute Gasteiger partial charge is 0.378 e.